The summed E-state index contributed by atoms with van der Waals surface area (Å²) >= 11 is 7.56. The second kappa shape index (κ2) is 4.26. The summed E-state index contributed by atoms with van der Waals surface area (Å²) in [6, 6.07) is 1.91. The number of rotatable bonds is 2. The van der Waals surface area contributed by atoms with Crippen LogP contribution in [0.1, 0.15) is 12.1 Å². The van der Waals surface area contributed by atoms with Gasteiger partial charge in [-0.2, -0.15) is 0 Å². The van der Waals surface area contributed by atoms with Gasteiger partial charge in [-0.25, -0.2) is 14.3 Å². The Hall–Kier alpha value is -0.320. The Morgan fingerprint density at radius 3 is 3.23 bits per heavy atom. The van der Waals surface area contributed by atoms with Crippen molar-refractivity contribution in [2.45, 2.75) is 13.0 Å². The first-order valence-electron chi connectivity index (χ1n) is 4.20. The van der Waals surface area contributed by atoms with Crippen molar-refractivity contribution in [3.05, 3.63) is 23.2 Å². The highest BCUT2D eigenvalue weighted by atomic mass is 35.5. The molecule has 13 heavy (non-hydrogen) atoms. The van der Waals surface area contributed by atoms with Gasteiger partial charge in [0.2, 0.25) is 5.28 Å². The van der Waals surface area contributed by atoms with Crippen molar-refractivity contribution in [1.82, 2.24) is 14.3 Å². The van der Waals surface area contributed by atoms with Gasteiger partial charge in [0.05, 0.1) is 12.2 Å². The lowest BCUT2D eigenvalue weighted by Gasteiger charge is -2.11. The van der Waals surface area contributed by atoms with Gasteiger partial charge in [0.15, 0.2) is 0 Å². The summed E-state index contributed by atoms with van der Waals surface area (Å²) in [6.45, 7) is 2.01. The van der Waals surface area contributed by atoms with Gasteiger partial charge in [0.25, 0.3) is 0 Å². The molecule has 0 aromatic carbocycles. The van der Waals surface area contributed by atoms with Crippen LogP contribution in [0.2, 0.25) is 5.28 Å². The molecule has 3 nitrogen and oxygen atoms in total. The van der Waals surface area contributed by atoms with Crippen molar-refractivity contribution in [3.63, 3.8) is 0 Å². The highest BCUT2D eigenvalue weighted by molar-refractivity contribution is 7.97. The van der Waals surface area contributed by atoms with Crippen LogP contribution in [0.4, 0.5) is 0 Å². The molecule has 5 heteroatoms. The third kappa shape index (κ3) is 2.56. The maximum absolute atomic E-state index is 5.68. The Morgan fingerprint density at radius 2 is 2.54 bits per heavy atom. The molecular formula is C8H10ClN3S. The molecule has 0 saturated carbocycles. The molecule has 0 spiro atoms. The fraction of sp³-hybridized carbons (Fsp3) is 0.500. The topological polar surface area (TPSA) is 29.0 Å². The van der Waals surface area contributed by atoms with Crippen LogP contribution in [-0.4, -0.2) is 26.6 Å². The molecule has 0 amide bonds. The fourth-order valence-electron chi connectivity index (χ4n) is 1.26. The van der Waals surface area contributed by atoms with E-state index >= 15 is 0 Å². The summed E-state index contributed by atoms with van der Waals surface area (Å²) in [5.41, 5.74) is 0.995. The molecule has 1 fully saturated rings. The van der Waals surface area contributed by atoms with Crippen molar-refractivity contribution in [2.75, 3.05) is 12.3 Å². The Balaban J connectivity index is 2.00. The normalized spacial score (nSPS) is 17.9. The van der Waals surface area contributed by atoms with E-state index in [4.69, 9.17) is 11.6 Å². The first kappa shape index (κ1) is 9.24. The van der Waals surface area contributed by atoms with E-state index in [0.29, 0.717) is 5.28 Å². The monoisotopic (exact) mass is 215 g/mol. The predicted octanol–water partition coefficient (Wildman–Crippen LogP) is 1.98. The van der Waals surface area contributed by atoms with Crippen LogP contribution in [0.5, 0.6) is 0 Å². The molecule has 1 aromatic heterocycles. The summed E-state index contributed by atoms with van der Waals surface area (Å²) in [7, 11) is 0. The predicted molar refractivity (Wildman–Crippen MR) is 54.5 cm³/mol. The number of nitrogens with zero attached hydrogens (tertiary/aromatic N) is 3. The molecule has 0 N–H and O–H groups in total. The van der Waals surface area contributed by atoms with Crippen molar-refractivity contribution in [2.24, 2.45) is 0 Å². The average molecular weight is 216 g/mol. The molecule has 1 aliphatic heterocycles. The highest BCUT2D eigenvalue weighted by Gasteiger charge is 2.13. The third-order valence-electron chi connectivity index (χ3n) is 1.85. The molecule has 1 aliphatic rings. The first-order valence-corrected chi connectivity index (χ1v) is 5.52. The van der Waals surface area contributed by atoms with E-state index in [9.17, 15) is 0 Å². The van der Waals surface area contributed by atoms with Crippen LogP contribution in [0.15, 0.2) is 12.3 Å². The molecule has 0 bridgehead atoms. The van der Waals surface area contributed by atoms with Crippen LogP contribution in [0.3, 0.4) is 0 Å². The van der Waals surface area contributed by atoms with Gasteiger partial charge in [-0.1, -0.05) is 11.9 Å². The zero-order valence-corrected chi connectivity index (χ0v) is 8.68. The maximum Gasteiger partial charge on any atom is 0.222 e. The number of hydrogen-bond donors (Lipinski definition) is 0. The number of halogens is 1. The Bertz CT molecular complexity index is 288. The van der Waals surface area contributed by atoms with Crippen LogP contribution in [-0.2, 0) is 6.54 Å². The summed E-state index contributed by atoms with van der Waals surface area (Å²) in [5, 5.41) is 0.335. The van der Waals surface area contributed by atoms with E-state index in [1.54, 1.807) is 6.20 Å². The van der Waals surface area contributed by atoms with Crippen LogP contribution in [0.25, 0.3) is 0 Å². The maximum atomic E-state index is 5.68. The van der Waals surface area contributed by atoms with Gasteiger partial charge in [-0.3, -0.25) is 0 Å². The number of aromatic nitrogens is 2. The van der Waals surface area contributed by atoms with Gasteiger partial charge < -0.3 is 0 Å². The van der Waals surface area contributed by atoms with Gasteiger partial charge in [-0.15, -0.1) is 0 Å². The molecule has 2 heterocycles. The van der Waals surface area contributed by atoms with E-state index in [-0.39, 0.29) is 0 Å². The van der Waals surface area contributed by atoms with E-state index in [0.717, 1.165) is 18.8 Å². The SMILES string of the molecule is Clc1nccc(CN2CCCS2)n1. The first-order chi connectivity index (χ1) is 6.34. The molecular weight excluding hydrogens is 206 g/mol. The summed E-state index contributed by atoms with van der Waals surface area (Å²) in [6.07, 6.45) is 2.97. The van der Waals surface area contributed by atoms with Gasteiger partial charge >= 0.3 is 0 Å². The molecule has 0 radical (unpaired) electrons. The van der Waals surface area contributed by atoms with Crippen LogP contribution in [0, 0.1) is 0 Å². The Labute approximate surface area is 86.6 Å². The van der Waals surface area contributed by atoms with E-state index < -0.39 is 0 Å². The average Bonchev–Trinajstić information content (AvgIpc) is 2.57. The second-order valence-corrected chi connectivity index (χ2v) is 4.39. The van der Waals surface area contributed by atoms with Crippen molar-refractivity contribution in [3.8, 4) is 0 Å². The Kier molecular flexibility index (Phi) is 3.03. The molecule has 1 saturated heterocycles. The minimum atomic E-state index is 0.335. The Morgan fingerprint density at radius 1 is 1.62 bits per heavy atom. The van der Waals surface area contributed by atoms with E-state index in [2.05, 4.69) is 14.3 Å². The second-order valence-electron chi connectivity index (χ2n) is 2.87. The fourth-order valence-corrected chi connectivity index (χ4v) is 2.43. The minimum Gasteiger partial charge on any atom is -0.245 e. The van der Waals surface area contributed by atoms with Gasteiger partial charge in [-0.05, 0) is 24.1 Å². The zero-order valence-electron chi connectivity index (χ0n) is 7.11. The molecule has 0 unspecified atom stereocenters. The zero-order chi connectivity index (χ0) is 9.10. The molecule has 0 aliphatic carbocycles. The summed E-state index contributed by atoms with van der Waals surface area (Å²) in [5.74, 6) is 1.22. The van der Waals surface area contributed by atoms with E-state index in [1.807, 2.05) is 18.0 Å². The molecule has 2 rings (SSSR count). The third-order valence-corrected chi connectivity index (χ3v) is 3.18. The van der Waals surface area contributed by atoms with Gasteiger partial charge in [0, 0.05) is 18.5 Å². The number of hydrogen-bond acceptors (Lipinski definition) is 4. The smallest absolute Gasteiger partial charge is 0.222 e. The van der Waals surface area contributed by atoms with Crippen LogP contribution >= 0.6 is 23.5 Å². The quantitative estimate of drug-likeness (QED) is 0.557. The van der Waals surface area contributed by atoms with Gasteiger partial charge in [0.1, 0.15) is 0 Å². The van der Waals surface area contributed by atoms with Crippen molar-refractivity contribution >= 4 is 23.5 Å². The molecule has 1 aromatic rings. The van der Waals surface area contributed by atoms with Crippen molar-refractivity contribution in [1.29, 1.82) is 0 Å². The lowest BCUT2D eigenvalue weighted by atomic mass is 10.4. The van der Waals surface area contributed by atoms with Crippen molar-refractivity contribution < 1.29 is 0 Å². The minimum absolute atomic E-state index is 0.335. The van der Waals surface area contributed by atoms with Crippen LogP contribution < -0.4 is 0 Å². The summed E-state index contributed by atoms with van der Waals surface area (Å²) in [4.78, 5) is 7.98. The standard InChI is InChI=1S/C8H10ClN3S/c9-8-10-3-2-7(11-8)6-12-4-1-5-13-12/h2-3H,1,4-6H2. The molecule has 70 valence electrons. The lowest BCUT2D eigenvalue weighted by Crippen LogP contribution is -2.11. The van der Waals surface area contributed by atoms with E-state index in [1.165, 1.54) is 12.2 Å². The largest absolute Gasteiger partial charge is 0.245 e. The highest BCUT2D eigenvalue weighted by Crippen LogP contribution is 2.21. The summed E-state index contributed by atoms with van der Waals surface area (Å²) < 4.78 is 2.30. The lowest BCUT2D eigenvalue weighted by molar-refractivity contribution is 0.485. The molecule has 0 atom stereocenters.